The van der Waals surface area contributed by atoms with Gasteiger partial charge in [0.2, 0.25) is 5.82 Å². The number of carbonyl (C=O) groups excluding carboxylic acids is 1. The fourth-order valence-corrected chi connectivity index (χ4v) is 3.66. The monoisotopic (exact) mass is 381 g/mol. The van der Waals surface area contributed by atoms with Crippen LogP contribution in [0.3, 0.4) is 0 Å². The van der Waals surface area contributed by atoms with Crippen molar-refractivity contribution in [3.05, 3.63) is 29.6 Å². The highest BCUT2D eigenvalue weighted by Gasteiger charge is 2.36. The maximum absolute atomic E-state index is 13.3. The molecule has 8 heteroatoms. The van der Waals surface area contributed by atoms with Gasteiger partial charge in [0.15, 0.2) is 0 Å². The van der Waals surface area contributed by atoms with E-state index in [0.29, 0.717) is 30.3 Å². The van der Waals surface area contributed by atoms with Gasteiger partial charge >= 0.3 is 12.1 Å². The standard InChI is InChI=1S/C19H22F3N3O2/c1-4-27-17(26)13-5-6-15-14(8-13)16(24-18(23-15)19(20,21)22)25-9-11(2)7-12(3)10-25/h5-6,8,11-12H,4,7,9-10H2,1-3H3. The average Bonchev–Trinajstić information content (AvgIpc) is 2.58. The minimum Gasteiger partial charge on any atom is -0.462 e. The van der Waals surface area contributed by atoms with Crippen LogP contribution in [-0.4, -0.2) is 35.6 Å². The largest absolute Gasteiger partial charge is 0.462 e. The smallest absolute Gasteiger partial charge is 0.451 e. The van der Waals surface area contributed by atoms with Crippen molar-refractivity contribution in [2.45, 2.75) is 33.4 Å². The number of anilines is 1. The second-order valence-electron chi connectivity index (χ2n) is 7.17. The van der Waals surface area contributed by atoms with Crippen molar-refractivity contribution in [3.63, 3.8) is 0 Å². The Kier molecular flexibility index (Phi) is 5.26. The van der Waals surface area contributed by atoms with E-state index in [4.69, 9.17) is 4.74 Å². The molecule has 0 saturated carbocycles. The zero-order chi connectivity index (χ0) is 19.8. The molecule has 3 rings (SSSR count). The molecule has 0 radical (unpaired) electrons. The Morgan fingerprint density at radius 3 is 2.48 bits per heavy atom. The van der Waals surface area contributed by atoms with Gasteiger partial charge in [0, 0.05) is 18.5 Å². The summed E-state index contributed by atoms with van der Waals surface area (Å²) < 4.78 is 44.9. The minimum atomic E-state index is -4.64. The van der Waals surface area contributed by atoms with Crippen LogP contribution in [0.15, 0.2) is 18.2 Å². The van der Waals surface area contributed by atoms with Gasteiger partial charge in [0.25, 0.3) is 0 Å². The summed E-state index contributed by atoms with van der Waals surface area (Å²) in [5, 5.41) is 0.426. The second kappa shape index (κ2) is 7.32. The van der Waals surface area contributed by atoms with E-state index >= 15 is 0 Å². The van der Waals surface area contributed by atoms with Gasteiger partial charge in [-0.15, -0.1) is 0 Å². The highest BCUT2D eigenvalue weighted by molar-refractivity contribution is 5.98. The number of rotatable bonds is 3. The van der Waals surface area contributed by atoms with E-state index in [2.05, 4.69) is 23.8 Å². The number of hydrogen-bond acceptors (Lipinski definition) is 5. The topological polar surface area (TPSA) is 55.3 Å². The molecule has 0 aliphatic carbocycles. The van der Waals surface area contributed by atoms with Crippen molar-refractivity contribution >= 4 is 22.7 Å². The fraction of sp³-hybridized carbons (Fsp3) is 0.526. The molecule has 5 nitrogen and oxygen atoms in total. The summed E-state index contributed by atoms with van der Waals surface area (Å²) in [4.78, 5) is 21.4. The number of piperidine rings is 1. The number of alkyl halides is 3. The van der Waals surface area contributed by atoms with Crippen molar-refractivity contribution in [3.8, 4) is 0 Å². The molecule has 1 aliphatic rings. The van der Waals surface area contributed by atoms with Crippen LogP contribution in [0, 0.1) is 11.8 Å². The molecular formula is C19H22F3N3O2. The Morgan fingerprint density at radius 1 is 1.22 bits per heavy atom. The van der Waals surface area contributed by atoms with Gasteiger partial charge in [0.05, 0.1) is 17.7 Å². The van der Waals surface area contributed by atoms with E-state index in [1.165, 1.54) is 18.2 Å². The van der Waals surface area contributed by atoms with Crippen LogP contribution in [0.25, 0.3) is 10.9 Å². The van der Waals surface area contributed by atoms with Gasteiger partial charge in [-0.2, -0.15) is 13.2 Å². The predicted molar refractivity (Wildman–Crippen MR) is 95.7 cm³/mol. The third kappa shape index (κ3) is 4.14. The first-order valence-electron chi connectivity index (χ1n) is 9.00. The summed E-state index contributed by atoms with van der Waals surface area (Å²) in [5.74, 6) is -0.801. The van der Waals surface area contributed by atoms with Crippen molar-refractivity contribution < 1.29 is 22.7 Å². The first-order chi connectivity index (χ1) is 12.7. The van der Waals surface area contributed by atoms with Crippen molar-refractivity contribution in [2.24, 2.45) is 11.8 Å². The number of nitrogens with zero attached hydrogens (tertiary/aromatic N) is 3. The van der Waals surface area contributed by atoms with Crippen LogP contribution in [0.5, 0.6) is 0 Å². The minimum absolute atomic E-state index is 0.159. The molecule has 1 aromatic heterocycles. The van der Waals surface area contributed by atoms with Gasteiger partial charge in [-0.3, -0.25) is 0 Å². The number of esters is 1. The Hall–Kier alpha value is -2.38. The molecule has 0 bridgehead atoms. The second-order valence-corrected chi connectivity index (χ2v) is 7.17. The van der Waals surface area contributed by atoms with Crippen LogP contribution in [0.2, 0.25) is 0 Å². The molecule has 27 heavy (non-hydrogen) atoms. The summed E-state index contributed by atoms with van der Waals surface area (Å²) in [6.45, 7) is 7.27. The molecule has 2 heterocycles. The Balaban J connectivity index is 2.16. The van der Waals surface area contributed by atoms with Gasteiger partial charge in [-0.25, -0.2) is 14.8 Å². The Morgan fingerprint density at radius 2 is 1.89 bits per heavy atom. The fourth-order valence-electron chi connectivity index (χ4n) is 3.66. The van der Waals surface area contributed by atoms with Crippen LogP contribution in [-0.2, 0) is 10.9 Å². The quantitative estimate of drug-likeness (QED) is 0.742. The number of hydrogen-bond donors (Lipinski definition) is 0. The van der Waals surface area contributed by atoms with E-state index < -0.39 is 18.0 Å². The molecule has 2 atom stereocenters. The van der Waals surface area contributed by atoms with Gasteiger partial charge in [-0.1, -0.05) is 13.8 Å². The van der Waals surface area contributed by atoms with Gasteiger partial charge in [0.1, 0.15) is 5.82 Å². The molecule has 0 N–H and O–H groups in total. The maximum atomic E-state index is 13.3. The molecule has 2 aromatic rings. The van der Waals surface area contributed by atoms with Crippen LogP contribution in [0.1, 0.15) is 43.4 Å². The normalized spacial score (nSPS) is 20.7. The maximum Gasteiger partial charge on any atom is 0.451 e. The number of halogens is 3. The van der Waals surface area contributed by atoms with E-state index in [-0.39, 0.29) is 23.5 Å². The Bertz CT molecular complexity index is 844. The summed E-state index contributed by atoms with van der Waals surface area (Å²) in [6.07, 6.45) is -3.63. The van der Waals surface area contributed by atoms with E-state index in [9.17, 15) is 18.0 Å². The number of aromatic nitrogens is 2. The zero-order valence-corrected chi connectivity index (χ0v) is 15.5. The predicted octanol–water partition coefficient (Wildman–Crippen LogP) is 4.31. The number of benzene rings is 1. The third-order valence-electron chi connectivity index (χ3n) is 4.61. The third-order valence-corrected chi connectivity index (χ3v) is 4.61. The lowest BCUT2D eigenvalue weighted by Gasteiger charge is -2.36. The van der Waals surface area contributed by atoms with Crippen molar-refractivity contribution in [1.82, 2.24) is 9.97 Å². The lowest BCUT2D eigenvalue weighted by atomic mass is 9.91. The lowest BCUT2D eigenvalue weighted by molar-refractivity contribution is -0.144. The number of fused-ring (bicyclic) bond motifs is 1. The molecule has 1 aliphatic heterocycles. The molecule has 0 amide bonds. The molecule has 1 aromatic carbocycles. The summed E-state index contributed by atoms with van der Waals surface area (Å²) in [5.41, 5.74) is 0.429. The first kappa shape index (κ1) is 19.4. The van der Waals surface area contributed by atoms with Crippen LogP contribution in [0.4, 0.5) is 19.0 Å². The van der Waals surface area contributed by atoms with Crippen molar-refractivity contribution in [2.75, 3.05) is 24.6 Å². The SMILES string of the molecule is CCOC(=O)c1ccc2nc(C(F)(F)F)nc(N3CC(C)CC(C)C3)c2c1. The summed E-state index contributed by atoms with van der Waals surface area (Å²) in [7, 11) is 0. The van der Waals surface area contributed by atoms with Gasteiger partial charge < -0.3 is 9.64 Å². The van der Waals surface area contributed by atoms with E-state index in [0.717, 1.165) is 6.42 Å². The summed E-state index contributed by atoms with van der Waals surface area (Å²) in [6, 6.07) is 4.37. The van der Waals surface area contributed by atoms with Crippen molar-refractivity contribution in [1.29, 1.82) is 0 Å². The molecule has 1 saturated heterocycles. The van der Waals surface area contributed by atoms with Gasteiger partial charge in [-0.05, 0) is 43.4 Å². The lowest BCUT2D eigenvalue weighted by Crippen LogP contribution is -2.39. The molecular weight excluding hydrogens is 359 g/mol. The first-order valence-corrected chi connectivity index (χ1v) is 9.00. The molecule has 1 fully saturated rings. The van der Waals surface area contributed by atoms with E-state index in [1.54, 1.807) is 6.92 Å². The van der Waals surface area contributed by atoms with Crippen LogP contribution >= 0.6 is 0 Å². The highest BCUT2D eigenvalue weighted by atomic mass is 19.4. The zero-order valence-electron chi connectivity index (χ0n) is 15.5. The van der Waals surface area contributed by atoms with E-state index in [1.807, 2.05) is 4.90 Å². The number of ether oxygens (including phenoxy) is 1. The molecule has 146 valence electrons. The molecule has 2 unspecified atom stereocenters. The van der Waals surface area contributed by atoms with Crippen LogP contribution < -0.4 is 4.90 Å². The number of carbonyl (C=O) groups is 1. The molecule has 0 spiro atoms. The Labute approximate surface area is 155 Å². The average molecular weight is 381 g/mol. The highest BCUT2D eigenvalue weighted by Crippen LogP contribution is 2.34. The summed E-state index contributed by atoms with van der Waals surface area (Å²) >= 11 is 0.